The number of benzene rings is 2. The van der Waals surface area contributed by atoms with Crippen LogP contribution in [0.5, 0.6) is 0 Å². The highest BCUT2D eigenvalue weighted by Gasteiger charge is 2.07. The predicted molar refractivity (Wildman–Crippen MR) is 79.9 cm³/mol. The molecule has 0 saturated carbocycles. The van der Waals surface area contributed by atoms with E-state index < -0.39 is 0 Å². The third kappa shape index (κ3) is 3.48. The van der Waals surface area contributed by atoms with Gasteiger partial charge in [0.1, 0.15) is 0 Å². The maximum absolute atomic E-state index is 12.0. The molecule has 0 atom stereocenters. The topological polar surface area (TPSA) is 55.1 Å². The van der Waals surface area contributed by atoms with Gasteiger partial charge >= 0.3 is 0 Å². The van der Waals surface area contributed by atoms with Gasteiger partial charge in [0.05, 0.1) is 6.54 Å². The number of anilines is 2. The molecule has 0 saturated heterocycles. The summed E-state index contributed by atoms with van der Waals surface area (Å²) in [5.74, 6) is -0.00771. The molecule has 0 aliphatic carbocycles. The Kier molecular flexibility index (Phi) is 4.07. The van der Waals surface area contributed by atoms with E-state index in [2.05, 4.69) is 5.32 Å². The van der Waals surface area contributed by atoms with E-state index in [0.29, 0.717) is 16.3 Å². The lowest BCUT2D eigenvalue weighted by molar-refractivity contribution is 0.101. The number of nitrogens with two attached hydrogens (primary N) is 1. The summed E-state index contributed by atoms with van der Waals surface area (Å²) in [6, 6.07) is 12.6. The van der Waals surface area contributed by atoms with Gasteiger partial charge in [0.25, 0.3) is 0 Å². The zero-order chi connectivity index (χ0) is 13.8. The summed E-state index contributed by atoms with van der Waals surface area (Å²) >= 11 is 5.87. The van der Waals surface area contributed by atoms with Crippen LogP contribution in [0.15, 0.2) is 42.5 Å². The van der Waals surface area contributed by atoms with Crippen molar-refractivity contribution in [1.82, 2.24) is 0 Å². The van der Waals surface area contributed by atoms with Gasteiger partial charge in [-0.15, -0.1) is 0 Å². The Morgan fingerprint density at radius 1 is 1.26 bits per heavy atom. The normalized spacial score (nSPS) is 10.2. The van der Waals surface area contributed by atoms with Crippen LogP contribution in [0.1, 0.15) is 15.9 Å². The molecule has 0 spiro atoms. The highest BCUT2D eigenvalue weighted by molar-refractivity contribution is 6.30. The Bertz CT molecular complexity index is 611. The molecule has 0 radical (unpaired) electrons. The van der Waals surface area contributed by atoms with E-state index in [4.69, 9.17) is 17.3 Å². The molecule has 3 N–H and O–H groups in total. The third-order valence-electron chi connectivity index (χ3n) is 2.88. The Balaban J connectivity index is 2.03. The fourth-order valence-corrected chi connectivity index (χ4v) is 1.89. The van der Waals surface area contributed by atoms with Gasteiger partial charge in [-0.25, -0.2) is 0 Å². The zero-order valence-electron chi connectivity index (χ0n) is 10.6. The van der Waals surface area contributed by atoms with E-state index in [9.17, 15) is 4.79 Å². The molecule has 2 aromatic carbocycles. The fraction of sp³-hybridized carbons (Fsp3) is 0.133. The van der Waals surface area contributed by atoms with E-state index in [-0.39, 0.29) is 12.3 Å². The Hall–Kier alpha value is -2.00. The van der Waals surface area contributed by atoms with Crippen LogP contribution in [-0.4, -0.2) is 12.3 Å². The second-order valence-electron chi connectivity index (χ2n) is 4.36. The molecular weight excluding hydrogens is 260 g/mol. The van der Waals surface area contributed by atoms with Crippen LogP contribution in [0.2, 0.25) is 5.02 Å². The van der Waals surface area contributed by atoms with Gasteiger partial charge in [0.15, 0.2) is 5.78 Å². The van der Waals surface area contributed by atoms with Gasteiger partial charge in [0, 0.05) is 22.0 Å². The number of carbonyl (C=O) groups is 1. The van der Waals surface area contributed by atoms with E-state index >= 15 is 0 Å². The second-order valence-corrected chi connectivity index (χ2v) is 4.79. The Morgan fingerprint density at radius 2 is 2.05 bits per heavy atom. The summed E-state index contributed by atoms with van der Waals surface area (Å²) in [6.07, 6.45) is 0. The number of ketones is 1. The van der Waals surface area contributed by atoms with Crippen molar-refractivity contribution in [3.05, 3.63) is 58.6 Å². The molecule has 2 rings (SSSR count). The fourth-order valence-electron chi connectivity index (χ4n) is 1.70. The molecule has 0 fully saturated rings. The average Bonchev–Trinajstić information content (AvgIpc) is 2.39. The lowest BCUT2D eigenvalue weighted by atomic mass is 10.1. The van der Waals surface area contributed by atoms with Crippen molar-refractivity contribution in [2.45, 2.75) is 6.92 Å². The number of aryl methyl sites for hydroxylation is 1. The lowest BCUT2D eigenvalue weighted by Crippen LogP contribution is -2.14. The quantitative estimate of drug-likeness (QED) is 0.662. The smallest absolute Gasteiger partial charge is 0.181 e. The third-order valence-corrected chi connectivity index (χ3v) is 3.11. The lowest BCUT2D eigenvalue weighted by Gasteiger charge is -2.07. The van der Waals surface area contributed by atoms with Crippen LogP contribution >= 0.6 is 11.6 Å². The average molecular weight is 275 g/mol. The summed E-state index contributed by atoms with van der Waals surface area (Å²) < 4.78 is 0. The summed E-state index contributed by atoms with van der Waals surface area (Å²) in [5.41, 5.74) is 8.83. The summed E-state index contributed by atoms with van der Waals surface area (Å²) in [6.45, 7) is 2.12. The molecule has 0 bridgehead atoms. The molecule has 0 heterocycles. The van der Waals surface area contributed by atoms with Crippen LogP contribution < -0.4 is 11.1 Å². The van der Waals surface area contributed by atoms with Gasteiger partial charge < -0.3 is 11.1 Å². The molecule has 0 aliphatic rings. The molecule has 4 heteroatoms. The standard InChI is InChI=1S/C15H15ClN2O/c1-10-5-6-11(7-14(10)17)15(19)9-18-13-4-2-3-12(16)8-13/h2-8,18H,9,17H2,1H3. The predicted octanol–water partition coefficient (Wildman–Crippen LogP) is 3.53. The number of hydrogen-bond acceptors (Lipinski definition) is 3. The van der Waals surface area contributed by atoms with Gasteiger partial charge in [-0.1, -0.05) is 29.8 Å². The molecule has 0 amide bonds. The minimum Gasteiger partial charge on any atom is -0.398 e. The van der Waals surface area contributed by atoms with Crippen molar-refractivity contribution >= 4 is 28.8 Å². The Labute approximate surface area is 117 Å². The van der Waals surface area contributed by atoms with Crippen molar-refractivity contribution in [1.29, 1.82) is 0 Å². The molecule has 3 nitrogen and oxygen atoms in total. The van der Waals surface area contributed by atoms with Crippen molar-refractivity contribution in [3.8, 4) is 0 Å². The molecule has 0 aliphatic heterocycles. The van der Waals surface area contributed by atoms with Crippen LogP contribution in [0.3, 0.4) is 0 Å². The first-order chi connectivity index (χ1) is 9.06. The van der Waals surface area contributed by atoms with Gasteiger partial charge in [-0.3, -0.25) is 4.79 Å². The summed E-state index contributed by atoms with van der Waals surface area (Å²) in [7, 11) is 0. The van der Waals surface area contributed by atoms with Crippen molar-refractivity contribution in [2.24, 2.45) is 0 Å². The SMILES string of the molecule is Cc1ccc(C(=O)CNc2cccc(Cl)c2)cc1N. The monoisotopic (exact) mass is 274 g/mol. The molecule has 98 valence electrons. The van der Waals surface area contributed by atoms with Gasteiger partial charge in [-0.05, 0) is 36.8 Å². The van der Waals surface area contributed by atoms with Crippen molar-refractivity contribution in [2.75, 3.05) is 17.6 Å². The number of rotatable bonds is 4. The number of hydrogen-bond donors (Lipinski definition) is 2. The number of carbonyl (C=O) groups excluding carboxylic acids is 1. The Morgan fingerprint density at radius 3 is 2.74 bits per heavy atom. The second kappa shape index (κ2) is 5.76. The maximum Gasteiger partial charge on any atom is 0.181 e. The van der Waals surface area contributed by atoms with E-state index in [1.165, 1.54) is 0 Å². The van der Waals surface area contributed by atoms with E-state index in [0.717, 1.165) is 11.3 Å². The van der Waals surface area contributed by atoms with Gasteiger partial charge in [0.2, 0.25) is 0 Å². The first-order valence-electron chi connectivity index (χ1n) is 5.95. The summed E-state index contributed by atoms with van der Waals surface area (Å²) in [5, 5.41) is 3.68. The number of nitrogens with one attached hydrogen (secondary N) is 1. The number of nitrogen functional groups attached to an aromatic ring is 1. The molecule has 2 aromatic rings. The van der Waals surface area contributed by atoms with Crippen LogP contribution in [0.25, 0.3) is 0 Å². The van der Waals surface area contributed by atoms with Crippen molar-refractivity contribution in [3.63, 3.8) is 0 Å². The highest BCUT2D eigenvalue weighted by Crippen LogP contribution is 2.16. The summed E-state index contributed by atoms with van der Waals surface area (Å²) in [4.78, 5) is 12.0. The van der Waals surface area contributed by atoms with Crippen LogP contribution in [0.4, 0.5) is 11.4 Å². The van der Waals surface area contributed by atoms with E-state index in [1.54, 1.807) is 24.3 Å². The van der Waals surface area contributed by atoms with Crippen molar-refractivity contribution < 1.29 is 4.79 Å². The van der Waals surface area contributed by atoms with Crippen LogP contribution in [-0.2, 0) is 0 Å². The van der Waals surface area contributed by atoms with Crippen LogP contribution in [0, 0.1) is 6.92 Å². The molecule has 0 aromatic heterocycles. The molecular formula is C15H15ClN2O. The van der Waals surface area contributed by atoms with E-state index in [1.807, 2.05) is 25.1 Å². The largest absolute Gasteiger partial charge is 0.398 e. The number of halogens is 1. The van der Waals surface area contributed by atoms with Gasteiger partial charge in [-0.2, -0.15) is 0 Å². The first kappa shape index (κ1) is 13.4. The minimum absolute atomic E-state index is 0.00771. The first-order valence-corrected chi connectivity index (χ1v) is 6.33. The molecule has 0 unspecified atom stereocenters. The molecule has 19 heavy (non-hydrogen) atoms. The maximum atomic E-state index is 12.0. The number of Topliss-reactive ketones (excluding diaryl/α,β-unsaturated/α-hetero) is 1. The minimum atomic E-state index is -0.00771. The zero-order valence-corrected chi connectivity index (χ0v) is 11.4. The highest BCUT2D eigenvalue weighted by atomic mass is 35.5.